The molecule has 3 heteroatoms. The van der Waals surface area contributed by atoms with Gasteiger partial charge in [0.05, 0.1) is 0 Å². The van der Waals surface area contributed by atoms with Crippen LogP contribution in [0.1, 0.15) is 33.1 Å². The van der Waals surface area contributed by atoms with Crippen LogP contribution in [-0.2, 0) is 4.79 Å². The van der Waals surface area contributed by atoms with Crippen LogP contribution in [0.4, 0.5) is 0 Å². The largest absolute Gasteiger partial charge is 0.341 e. The van der Waals surface area contributed by atoms with Gasteiger partial charge >= 0.3 is 0 Å². The van der Waals surface area contributed by atoms with Gasteiger partial charge in [-0.3, -0.25) is 4.79 Å². The molecule has 1 fully saturated rings. The SMILES string of the molecule is CCCC(C)C(=O)N1CCCNCC1. The lowest BCUT2D eigenvalue weighted by Crippen LogP contribution is -2.37. The van der Waals surface area contributed by atoms with Crippen LogP contribution in [0.5, 0.6) is 0 Å². The van der Waals surface area contributed by atoms with Crippen molar-refractivity contribution in [3.05, 3.63) is 0 Å². The molecule has 0 aromatic heterocycles. The maximum absolute atomic E-state index is 11.9. The molecule has 1 N–H and O–H groups in total. The molecule has 14 heavy (non-hydrogen) atoms. The molecule has 0 spiro atoms. The molecule has 1 unspecified atom stereocenters. The molecule has 1 saturated heterocycles. The summed E-state index contributed by atoms with van der Waals surface area (Å²) in [5.41, 5.74) is 0. The van der Waals surface area contributed by atoms with Gasteiger partial charge in [0.25, 0.3) is 0 Å². The van der Waals surface area contributed by atoms with Gasteiger partial charge < -0.3 is 10.2 Å². The monoisotopic (exact) mass is 198 g/mol. The molecule has 1 atom stereocenters. The normalized spacial score (nSPS) is 20.3. The summed E-state index contributed by atoms with van der Waals surface area (Å²) >= 11 is 0. The average molecular weight is 198 g/mol. The minimum Gasteiger partial charge on any atom is -0.341 e. The van der Waals surface area contributed by atoms with Gasteiger partial charge in [-0.2, -0.15) is 0 Å². The highest BCUT2D eigenvalue weighted by Gasteiger charge is 2.20. The van der Waals surface area contributed by atoms with Gasteiger partial charge in [0.2, 0.25) is 5.91 Å². The Kier molecular flexibility index (Phi) is 4.94. The molecule has 1 rings (SSSR count). The summed E-state index contributed by atoms with van der Waals surface area (Å²) in [5.74, 6) is 0.550. The maximum Gasteiger partial charge on any atom is 0.225 e. The first-order valence-corrected chi connectivity index (χ1v) is 5.75. The number of carbonyl (C=O) groups is 1. The van der Waals surface area contributed by atoms with Crippen molar-refractivity contribution >= 4 is 5.91 Å². The van der Waals surface area contributed by atoms with Crippen molar-refractivity contribution < 1.29 is 4.79 Å². The summed E-state index contributed by atoms with van der Waals surface area (Å²) < 4.78 is 0. The highest BCUT2D eigenvalue weighted by Crippen LogP contribution is 2.10. The molecule has 1 aliphatic heterocycles. The summed E-state index contributed by atoms with van der Waals surface area (Å²) in [6.45, 7) is 7.99. The van der Waals surface area contributed by atoms with E-state index >= 15 is 0 Å². The standard InChI is InChI=1S/C11H22N2O/c1-3-5-10(2)11(14)13-8-4-6-12-7-9-13/h10,12H,3-9H2,1-2H3. The number of nitrogens with zero attached hydrogens (tertiary/aromatic N) is 1. The molecule has 0 aliphatic carbocycles. The van der Waals surface area contributed by atoms with Gasteiger partial charge in [-0.15, -0.1) is 0 Å². The second kappa shape index (κ2) is 6.02. The fraction of sp³-hybridized carbons (Fsp3) is 0.909. The molecule has 0 aromatic carbocycles. The predicted octanol–water partition coefficient (Wildman–Crippen LogP) is 1.24. The fourth-order valence-electron chi connectivity index (χ4n) is 1.93. The zero-order valence-electron chi connectivity index (χ0n) is 9.38. The number of nitrogens with one attached hydrogen (secondary N) is 1. The number of amides is 1. The quantitative estimate of drug-likeness (QED) is 0.740. The van der Waals surface area contributed by atoms with Crippen molar-refractivity contribution in [1.29, 1.82) is 0 Å². The number of hydrogen-bond acceptors (Lipinski definition) is 2. The van der Waals surface area contributed by atoms with Gasteiger partial charge in [-0.25, -0.2) is 0 Å². The Hall–Kier alpha value is -0.570. The van der Waals surface area contributed by atoms with E-state index < -0.39 is 0 Å². The highest BCUT2D eigenvalue weighted by molar-refractivity contribution is 5.78. The second-order valence-corrected chi connectivity index (χ2v) is 4.12. The van der Waals surface area contributed by atoms with Crippen molar-refractivity contribution in [3.63, 3.8) is 0 Å². The summed E-state index contributed by atoms with van der Waals surface area (Å²) in [4.78, 5) is 14.0. The first-order valence-electron chi connectivity index (χ1n) is 5.75. The molecular weight excluding hydrogens is 176 g/mol. The van der Waals surface area contributed by atoms with Crippen LogP contribution in [0.25, 0.3) is 0 Å². The van der Waals surface area contributed by atoms with Gasteiger partial charge in [-0.1, -0.05) is 20.3 Å². The minimum atomic E-state index is 0.207. The van der Waals surface area contributed by atoms with Crippen LogP contribution in [0.15, 0.2) is 0 Å². The smallest absolute Gasteiger partial charge is 0.225 e. The lowest BCUT2D eigenvalue weighted by atomic mass is 10.0. The van der Waals surface area contributed by atoms with Crippen molar-refractivity contribution in [2.45, 2.75) is 33.1 Å². The Morgan fingerprint density at radius 2 is 2.21 bits per heavy atom. The molecule has 1 aliphatic rings. The first-order chi connectivity index (χ1) is 6.75. The van der Waals surface area contributed by atoms with E-state index in [2.05, 4.69) is 12.2 Å². The molecule has 0 radical (unpaired) electrons. The van der Waals surface area contributed by atoms with E-state index in [9.17, 15) is 4.79 Å². The van der Waals surface area contributed by atoms with Crippen molar-refractivity contribution in [2.24, 2.45) is 5.92 Å². The fourth-order valence-corrected chi connectivity index (χ4v) is 1.93. The third-order valence-corrected chi connectivity index (χ3v) is 2.80. The van der Waals surface area contributed by atoms with Gasteiger partial charge in [-0.05, 0) is 19.4 Å². The zero-order chi connectivity index (χ0) is 10.4. The average Bonchev–Trinajstić information content (AvgIpc) is 2.45. The van der Waals surface area contributed by atoms with E-state index in [0.29, 0.717) is 5.91 Å². The van der Waals surface area contributed by atoms with Crippen LogP contribution in [-0.4, -0.2) is 37.0 Å². The number of rotatable bonds is 3. The summed E-state index contributed by atoms with van der Waals surface area (Å²) in [5, 5.41) is 3.31. The van der Waals surface area contributed by atoms with Crippen LogP contribution in [0.3, 0.4) is 0 Å². The van der Waals surface area contributed by atoms with Crippen LogP contribution < -0.4 is 5.32 Å². The second-order valence-electron chi connectivity index (χ2n) is 4.12. The van der Waals surface area contributed by atoms with Crippen molar-refractivity contribution in [3.8, 4) is 0 Å². The van der Waals surface area contributed by atoms with Crippen LogP contribution >= 0.6 is 0 Å². The van der Waals surface area contributed by atoms with Gasteiger partial charge in [0.15, 0.2) is 0 Å². The van der Waals surface area contributed by atoms with E-state index in [1.807, 2.05) is 11.8 Å². The van der Waals surface area contributed by atoms with Gasteiger partial charge in [0.1, 0.15) is 0 Å². The molecule has 0 aromatic rings. The van der Waals surface area contributed by atoms with E-state index in [1.165, 1.54) is 0 Å². The Morgan fingerprint density at radius 1 is 1.43 bits per heavy atom. The molecular formula is C11H22N2O. The summed E-state index contributed by atoms with van der Waals surface area (Å²) in [6, 6.07) is 0. The molecule has 0 saturated carbocycles. The molecule has 1 amide bonds. The zero-order valence-corrected chi connectivity index (χ0v) is 9.38. The first kappa shape index (κ1) is 11.5. The number of hydrogen-bond donors (Lipinski definition) is 1. The summed E-state index contributed by atoms with van der Waals surface area (Å²) in [6.07, 6.45) is 3.20. The predicted molar refractivity (Wildman–Crippen MR) is 58.1 cm³/mol. The topological polar surface area (TPSA) is 32.3 Å². The third kappa shape index (κ3) is 3.29. The van der Waals surface area contributed by atoms with Gasteiger partial charge in [0, 0.05) is 25.6 Å². The van der Waals surface area contributed by atoms with Crippen molar-refractivity contribution in [1.82, 2.24) is 10.2 Å². The Bertz CT molecular complexity index is 174. The molecule has 1 heterocycles. The third-order valence-electron chi connectivity index (χ3n) is 2.80. The van der Waals surface area contributed by atoms with E-state index in [1.54, 1.807) is 0 Å². The van der Waals surface area contributed by atoms with E-state index in [0.717, 1.165) is 45.4 Å². The summed E-state index contributed by atoms with van der Waals surface area (Å²) in [7, 11) is 0. The van der Waals surface area contributed by atoms with Crippen LogP contribution in [0, 0.1) is 5.92 Å². The minimum absolute atomic E-state index is 0.207. The number of carbonyl (C=O) groups excluding carboxylic acids is 1. The molecule has 3 nitrogen and oxygen atoms in total. The van der Waals surface area contributed by atoms with E-state index in [-0.39, 0.29) is 5.92 Å². The van der Waals surface area contributed by atoms with Crippen molar-refractivity contribution in [2.75, 3.05) is 26.2 Å². The van der Waals surface area contributed by atoms with E-state index in [4.69, 9.17) is 0 Å². The van der Waals surface area contributed by atoms with Crippen LogP contribution in [0.2, 0.25) is 0 Å². The Balaban J connectivity index is 2.40. The molecule has 82 valence electrons. The Labute approximate surface area is 86.9 Å². The highest BCUT2D eigenvalue weighted by atomic mass is 16.2. The lowest BCUT2D eigenvalue weighted by Gasteiger charge is -2.23. The maximum atomic E-state index is 11.9. The molecule has 0 bridgehead atoms. The lowest BCUT2D eigenvalue weighted by molar-refractivity contribution is -0.135. The Morgan fingerprint density at radius 3 is 2.93 bits per heavy atom.